The van der Waals surface area contributed by atoms with Gasteiger partial charge in [-0.3, -0.25) is 0 Å². The number of aromatic nitrogens is 3. The Hall–Kier alpha value is -6.26. The van der Waals surface area contributed by atoms with Gasteiger partial charge >= 0.3 is 0 Å². The van der Waals surface area contributed by atoms with Crippen LogP contribution in [-0.2, 0) is 0 Å². The molecule has 4 heteroatoms. The molecule has 226 valence electrons. The number of furan rings is 1. The lowest BCUT2D eigenvalue weighted by molar-refractivity contribution is 0.564. The van der Waals surface area contributed by atoms with Gasteiger partial charge in [0.15, 0.2) is 11.2 Å². The van der Waals surface area contributed by atoms with Crippen LogP contribution in [0.3, 0.4) is 0 Å². The predicted octanol–water partition coefficient (Wildman–Crippen LogP) is 9.72. The van der Waals surface area contributed by atoms with Crippen LogP contribution in [0.1, 0.15) is 12.8 Å². The molecular formula is C44H29N3O. The molecular weight excluding hydrogens is 587 g/mol. The summed E-state index contributed by atoms with van der Waals surface area (Å²) >= 11 is 0. The summed E-state index contributed by atoms with van der Waals surface area (Å²) in [6.45, 7) is 0. The SMILES string of the molecule is C1=c2c(oc3cccc(-c4nc(-c5ccccc5)c5ccccc5n4)c23)=C(n2c3ccccc3c3c(-c4ccccc4)cccc32)CC1. The second-order valence-corrected chi connectivity index (χ2v) is 12.4. The van der Waals surface area contributed by atoms with Gasteiger partial charge in [-0.1, -0.05) is 127 Å². The third-order valence-corrected chi connectivity index (χ3v) is 9.69. The molecule has 1 aliphatic rings. The van der Waals surface area contributed by atoms with E-state index >= 15 is 0 Å². The molecule has 9 aromatic rings. The van der Waals surface area contributed by atoms with Crippen LogP contribution < -0.4 is 10.6 Å². The van der Waals surface area contributed by atoms with E-state index < -0.39 is 0 Å². The summed E-state index contributed by atoms with van der Waals surface area (Å²) in [5, 5.41) is 5.72. The van der Waals surface area contributed by atoms with Crippen LogP contribution in [0.25, 0.3) is 89.2 Å². The molecule has 0 saturated carbocycles. The van der Waals surface area contributed by atoms with Crippen LogP contribution in [-0.4, -0.2) is 14.5 Å². The van der Waals surface area contributed by atoms with Gasteiger partial charge in [0, 0.05) is 37.9 Å². The normalized spacial score (nSPS) is 13.0. The van der Waals surface area contributed by atoms with Crippen molar-refractivity contribution in [3.8, 4) is 33.8 Å². The number of hydrogen-bond acceptors (Lipinski definition) is 3. The van der Waals surface area contributed by atoms with Gasteiger partial charge in [-0.25, -0.2) is 9.97 Å². The van der Waals surface area contributed by atoms with Gasteiger partial charge in [0.05, 0.1) is 27.9 Å². The lowest BCUT2D eigenvalue weighted by Gasteiger charge is -2.13. The fourth-order valence-corrected chi connectivity index (χ4v) is 7.63. The first-order valence-corrected chi connectivity index (χ1v) is 16.5. The minimum absolute atomic E-state index is 0.701. The third-order valence-electron chi connectivity index (χ3n) is 9.69. The zero-order chi connectivity index (χ0) is 31.6. The minimum atomic E-state index is 0.701. The fraction of sp³-hybridized carbons (Fsp3) is 0.0455. The van der Waals surface area contributed by atoms with Gasteiger partial charge in [-0.05, 0) is 48.2 Å². The molecule has 0 atom stereocenters. The van der Waals surface area contributed by atoms with E-state index in [2.05, 4.69) is 144 Å². The van der Waals surface area contributed by atoms with E-state index in [-0.39, 0.29) is 0 Å². The topological polar surface area (TPSA) is 43.9 Å². The monoisotopic (exact) mass is 615 g/mol. The number of fused-ring (bicyclic) bond motifs is 7. The standard InChI is InChI=1S/C44H29N3O/c1-3-14-28(15-4-1)30-20-11-25-37-40(30)32-19-8-10-24-36(32)47(37)38-26-12-21-33-41-34(22-13-27-39(41)48-43(33)38)44-45-35-23-9-7-18-31(35)42(46-44)29-16-5-2-6-17-29/h1-11,13-25,27H,12,26H2. The minimum Gasteiger partial charge on any atom is -0.454 e. The third kappa shape index (κ3) is 4.02. The fourth-order valence-electron chi connectivity index (χ4n) is 7.63. The Bertz CT molecular complexity index is 2830. The molecule has 0 unspecified atom stereocenters. The van der Waals surface area contributed by atoms with Crippen molar-refractivity contribution in [2.45, 2.75) is 12.8 Å². The highest BCUT2D eigenvalue weighted by Gasteiger charge is 2.22. The smallest absolute Gasteiger partial charge is 0.161 e. The van der Waals surface area contributed by atoms with Crippen LogP contribution in [0.2, 0.25) is 0 Å². The number of nitrogens with zero attached hydrogens (tertiary/aromatic N) is 3. The van der Waals surface area contributed by atoms with E-state index in [0.29, 0.717) is 5.82 Å². The second-order valence-electron chi connectivity index (χ2n) is 12.4. The molecule has 0 spiro atoms. The van der Waals surface area contributed by atoms with Gasteiger partial charge in [0.1, 0.15) is 5.58 Å². The zero-order valence-corrected chi connectivity index (χ0v) is 26.1. The average molecular weight is 616 g/mol. The Kier molecular flexibility index (Phi) is 5.97. The molecule has 48 heavy (non-hydrogen) atoms. The van der Waals surface area contributed by atoms with Crippen LogP contribution in [0, 0.1) is 0 Å². The molecule has 0 fully saturated rings. The lowest BCUT2D eigenvalue weighted by atomic mass is 9.99. The lowest BCUT2D eigenvalue weighted by Crippen LogP contribution is -2.28. The Morgan fingerprint density at radius 2 is 1.23 bits per heavy atom. The summed E-state index contributed by atoms with van der Waals surface area (Å²) in [5.41, 5.74) is 11.7. The maximum absolute atomic E-state index is 6.86. The number of rotatable bonds is 4. The summed E-state index contributed by atoms with van der Waals surface area (Å²) < 4.78 is 9.30. The average Bonchev–Trinajstić information content (AvgIpc) is 3.71. The van der Waals surface area contributed by atoms with Crippen molar-refractivity contribution in [1.82, 2.24) is 14.5 Å². The molecule has 4 nitrogen and oxygen atoms in total. The van der Waals surface area contributed by atoms with Gasteiger partial charge < -0.3 is 8.98 Å². The van der Waals surface area contributed by atoms with Gasteiger partial charge in [-0.15, -0.1) is 0 Å². The molecule has 3 aromatic heterocycles. The highest BCUT2D eigenvalue weighted by atomic mass is 16.3. The summed E-state index contributed by atoms with van der Waals surface area (Å²) in [6.07, 6.45) is 4.11. The van der Waals surface area contributed by atoms with Crippen molar-refractivity contribution < 1.29 is 4.42 Å². The molecule has 0 aliphatic heterocycles. The summed E-state index contributed by atoms with van der Waals surface area (Å²) in [6, 6.07) is 51.0. The zero-order valence-electron chi connectivity index (χ0n) is 26.1. The van der Waals surface area contributed by atoms with E-state index in [1.165, 1.54) is 38.6 Å². The first-order chi connectivity index (χ1) is 23.8. The molecule has 6 aromatic carbocycles. The number of benzene rings is 6. The van der Waals surface area contributed by atoms with Crippen molar-refractivity contribution in [1.29, 1.82) is 0 Å². The molecule has 0 amide bonds. The number of hydrogen-bond donors (Lipinski definition) is 0. The van der Waals surface area contributed by atoms with Crippen LogP contribution >= 0.6 is 0 Å². The van der Waals surface area contributed by atoms with Crippen LogP contribution in [0.15, 0.2) is 150 Å². The maximum Gasteiger partial charge on any atom is 0.161 e. The Morgan fingerprint density at radius 1 is 0.542 bits per heavy atom. The van der Waals surface area contributed by atoms with Crippen molar-refractivity contribution in [2.75, 3.05) is 0 Å². The van der Waals surface area contributed by atoms with Crippen molar-refractivity contribution in [3.05, 3.63) is 156 Å². The summed E-state index contributed by atoms with van der Waals surface area (Å²) in [4.78, 5) is 10.4. The maximum atomic E-state index is 6.86. The van der Waals surface area contributed by atoms with E-state index in [0.717, 1.165) is 62.2 Å². The summed E-state index contributed by atoms with van der Waals surface area (Å²) in [5.74, 6) is 0.701. The molecule has 0 saturated heterocycles. The van der Waals surface area contributed by atoms with E-state index in [1.54, 1.807) is 0 Å². The van der Waals surface area contributed by atoms with Gasteiger partial charge in [0.2, 0.25) is 0 Å². The van der Waals surface area contributed by atoms with Crippen molar-refractivity contribution in [2.24, 2.45) is 0 Å². The van der Waals surface area contributed by atoms with E-state index in [4.69, 9.17) is 14.4 Å². The van der Waals surface area contributed by atoms with Crippen molar-refractivity contribution in [3.63, 3.8) is 0 Å². The van der Waals surface area contributed by atoms with Gasteiger partial charge in [0.25, 0.3) is 0 Å². The first-order valence-electron chi connectivity index (χ1n) is 16.5. The molecule has 0 bridgehead atoms. The highest BCUT2D eigenvalue weighted by molar-refractivity contribution is 6.16. The Labute approximate surface area is 276 Å². The molecule has 10 rings (SSSR count). The largest absolute Gasteiger partial charge is 0.454 e. The highest BCUT2D eigenvalue weighted by Crippen LogP contribution is 2.39. The Balaban J connectivity index is 1.27. The summed E-state index contributed by atoms with van der Waals surface area (Å²) in [7, 11) is 0. The first kappa shape index (κ1) is 26.9. The molecule has 1 aliphatic carbocycles. The van der Waals surface area contributed by atoms with Gasteiger partial charge in [-0.2, -0.15) is 0 Å². The number of para-hydroxylation sites is 2. The second kappa shape index (κ2) is 10.6. The van der Waals surface area contributed by atoms with E-state index in [1.807, 2.05) is 12.1 Å². The van der Waals surface area contributed by atoms with Crippen molar-refractivity contribution >= 4 is 55.5 Å². The van der Waals surface area contributed by atoms with Crippen LogP contribution in [0.5, 0.6) is 0 Å². The van der Waals surface area contributed by atoms with E-state index in [9.17, 15) is 0 Å². The quantitative estimate of drug-likeness (QED) is 0.198. The molecule has 0 radical (unpaired) electrons. The molecule has 3 heterocycles. The van der Waals surface area contributed by atoms with Crippen LogP contribution in [0.4, 0.5) is 0 Å². The Morgan fingerprint density at radius 3 is 2.08 bits per heavy atom. The molecule has 0 N–H and O–H groups in total. The predicted molar refractivity (Wildman–Crippen MR) is 197 cm³/mol.